The van der Waals surface area contributed by atoms with Crippen LogP contribution in [0.2, 0.25) is 0 Å². The van der Waals surface area contributed by atoms with Crippen molar-refractivity contribution in [2.45, 2.75) is 172 Å². The zero-order chi connectivity index (χ0) is 84.1. The first-order valence-electron chi connectivity index (χ1n) is 40.2. The van der Waals surface area contributed by atoms with Crippen molar-refractivity contribution in [2.75, 3.05) is 19.8 Å². The number of rotatable bonds is 40. The maximum absolute atomic E-state index is 14.2. The van der Waals surface area contributed by atoms with Crippen molar-refractivity contribution < 1.29 is 110 Å². The van der Waals surface area contributed by atoms with Crippen LogP contribution in [0.5, 0.6) is 0 Å². The van der Waals surface area contributed by atoms with E-state index in [1.54, 1.807) is 0 Å². The predicted octanol–water partition coefficient (Wildman–Crippen LogP) is 18.3. The van der Waals surface area contributed by atoms with E-state index in [1.807, 2.05) is 303 Å². The van der Waals surface area contributed by atoms with E-state index in [0.717, 1.165) is 61.2 Å². The third kappa shape index (κ3) is 29.2. The first-order valence-corrected chi connectivity index (χ1v) is 42.2. The monoisotopic (exact) mass is 1690 g/mol. The molecule has 3 fully saturated rings. The van der Waals surface area contributed by atoms with Gasteiger partial charge < -0.3 is 75.8 Å². The molecule has 14 rings (SSSR count). The molecule has 0 N–H and O–H groups in total. The molecule has 3 aliphatic rings. The van der Waals surface area contributed by atoms with Crippen molar-refractivity contribution in [1.29, 1.82) is 0 Å². The third-order valence-electron chi connectivity index (χ3n) is 20.2. The van der Waals surface area contributed by atoms with Crippen LogP contribution >= 0.6 is 7.81 Å². The minimum absolute atomic E-state index is 0.0287. The second-order valence-corrected chi connectivity index (χ2v) is 31.7. The topological polar surface area (TPSA) is 174 Å². The van der Waals surface area contributed by atoms with Gasteiger partial charge in [-0.3, -0.25) is 4.79 Å². The van der Waals surface area contributed by atoms with Crippen LogP contribution in [-0.2, 0) is 160 Å². The number of esters is 1. The summed E-state index contributed by atoms with van der Waals surface area (Å²) >= 11 is 0. The van der Waals surface area contributed by atoms with Crippen molar-refractivity contribution in [3.63, 3.8) is 0 Å². The minimum atomic E-state index is -10.7. The second kappa shape index (κ2) is 43.4. The molecule has 0 unspecified atom stereocenters. The van der Waals surface area contributed by atoms with Crippen molar-refractivity contribution >= 4 is 13.8 Å². The Morgan fingerprint density at radius 2 is 0.554 bits per heavy atom. The van der Waals surface area contributed by atoms with Crippen LogP contribution in [0.3, 0.4) is 0 Å². The summed E-state index contributed by atoms with van der Waals surface area (Å²) in [5.74, 6) is -0.637. The summed E-state index contributed by atoms with van der Waals surface area (Å²) in [6, 6.07) is 97.5. The Bertz CT molecular complexity index is 4800. The number of aromatic nitrogens is 2. The molecular weight excluding hydrogens is 1590 g/mol. The van der Waals surface area contributed by atoms with Crippen LogP contribution in [0.1, 0.15) is 68.1 Å². The van der Waals surface area contributed by atoms with Gasteiger partial charge in [0.2, 0.25) is 6.33 Å². The average Bonchev–Trinajstić information content (AvgIpc) is 1.81. The summed E-state index contributed by atoms with van der Waals surface area (Å²) in [4.78, 5) is 14.2. The van der Waals surface area contributed by atoms with E-state index in [2.05, 4.69) is 28.8 Å². The molecular formula is C95H101F6N2O17P. The molecule has 0 amide bonds. The fraction of sp³-hybridized carbons (Fsp3) is 0.326. The summed E-state index contributed by atoms with van der Waals surface area (Å²) in [6.45, 7) is 3.43. The number of carbonyl (C=O) groups is 1. The summed E-state index contributed by atoms with van der Waals surface area (Å²) in [6.07, 6.45) is -11.1. The van der Waals surface area contributed by atoms with E-state index in [4.69, 9.17) is 75.8 Å². The Morgan fingerprint density at radius 1 is 0.314 bits per heavy atom. The first-order chi connectivity index (χ1) is 58.7. The average molecular weight is 1690 g/mol. The molecule has 121 heavy (non-hydrogen) atoms. The van der Waals surface area contributed by atoms with E-state index in [9.17, 15) is 30.0 Å². The number of ether oxygens (including phenoxy) is 16. The molecule has 0 aliphatic carbocycles. The van der Waals surface area contributed by atoms with E-state index in [-0.39, 0.29) is 85.9 Å². The van der Waals surface area contributed by atoms with Crippen LogP contribution in [-0.4, -0.2) is 122 Å². The van der Waals surface area contributed by atoms with E-state index in [1.165, 1.54) is 6.92 Å². The quantitative estimate of drug-likeness (QED) is 0.0153. The van der Waals surface area contributed by atoms with Gasteiger partial charge in [-0.25, -0.2) is 9.13 Å². The molecule has 0 radical (unpaired) electrons. The Morgan fingerprint density at radius 3 is 0.843 bits per heavy atom. The Balaban J connectivity index is 0.00000173. The van der Waals surface area contributed by atoms with Gasteiger partial charge in [-0.2, -0.15) is 0 Å². The molecule has 26 heteroatoms. The van der Waals surface area contributed by atoms with E-state index < -0.39 is 106 Å². The van der Waals surface area contributed by atoms with Gasteiger partial charge in [0.15, 0.2) is 25.0 Å². The normalized spacial score (nSPS) is 23.6. The van der Waals surface area contributed by atoms with Gasteiger partial charge in [-0.05, 0) is 61.2 Å². The molecule has 1 aromatic heterocycles. The Hall–Kier alpha value is -9.71. The van der Waals surface area contributed by atoms with Crippen LogP contribution in [0.25, 0.3) is 0 Å². The van der Waals surface area contributed by atoms with Gasteiger partial charge in [0.05, 0.1) is 92.9 Å². The molecule has 10 aromatic carbocycles. The second-order valence-electron chi connectivity index (χ2n) is 29.8. The first kappa shape index (κ1) is 89.1. The summed E-state index contributed by atoms with van der Waals surface area (Å²) in [7, 11) is -8.65. The molecule has 640 valence electrons. The number of carbonyl (C=O) groups excluding carboxylic acids is 1. The van der Waals surface area contributed by atoms with Crippen LogP contribution < -0.4 is 4.57 Å². The molecule has 0 bridgehead atoms. The van der Waals surface area contributed by atoms with Gasteiger partial charge in [-0.1, -0.05) is 297 Å². The fourth-order valence-electron chi connectivity index (χ4n) is 14.4. The van der Waals surface area contributed by atoms with Gasteiger partial charge in [0, 0.05) is 6.92 Å². The number of nitrogens with zero attached hydrogens (tertiary/aromatic N) is 2. The maximum atomic E-state index is 14.2. The summed E-state index contributed by atoms with van der Waals surface area (Å²) in [5.41, 5.74) is 10.1. The van der Waals surface area contributed by atoms with Crippen molar-refractivity contribution in [3.05, 3.63) is 377 Å². The van der Waals surface area contributed by atoms with Crippen LogP contribution in [0.4, 0.5) is 25.2 Å². The molecule has 3 aliphatic heterocycles. The van der Waals surface area contributed by atoms with E-state index in [0.29, 0.717) is 6.54 Å². The molecule has 4 heterocycles. The fourth-order valence-corrected chi connectivity index (χ4v) is 14.4. The number of aryl methyl sites for hydroxylation is 1. The summed E-state index contributed by atoms with van der Waals surface area (Å²) < 4.78 is 180. The third-order valence-corrected chi connectivity index (χ3v) is 20.2. The molecule has 19 nitrogen and oxygen atoms in total. The number of hydrogen-bond donors (Lipinski definition) is 0. The zero-order valence-corrected chi connectivity index (χ0v) is 68.0. The van der Waals surface area contributed by atoms with Crippen LogP contribution in [0.15, 0.2) is 316 Å². The molecule has 0 spiro atoms. The summed E-state index contributed by atoms with van der Waals surface area (Å²) in [5, 5.41) is 0. The van der Waals surface area contributed by atoms with Crippen molar-refractivity contribution in [2.24, 2.45) is 7.05 Å². The van der Waals surface area contributed by atoms with Crippen molar-refractivity contribution in [3.8, 4) is 0 Å². The predicted molar refractivity (Wildman–Crippen MR) is 439 cm³/mol. The van der Waals surface area contributed by atoms with Gasteiger partial charge in [0.1, 0.15) is 86.1 Å². The Labute approximate surface area is 700 Å². The van der Waals surface area contributed by atoms with Gasteiger partial charge in [-0.15, -0.1) is 0 Å². The molecule has 0 saturated carbocycles. The van der Waals surface area contributed by atoms with Crippen molar-refractivity contribution in [1.82, 2.24) is 4.57 Å². The number of hydrogen-bond acceptors (Lipinski definition) is 17. The zero-order valence-electron chi connectivity index (χ0n) is 67.1. The number of benzene rings is 10. The van der Waals surface area contributed by atoms with E-state index >= 15 is 0 Å². The van der Waals surface area contributed by atoms with Gasteiger partial charge in [0.25, 0.3) is 0 Å². The van der Waals surface area contributed by atoms with Gasteiger partial charge >= 0.3 is 39.0 Å². The SMILES string of the molecule is CC(=O)O[C@@H]1[C@@H](O[C@@H]2[C@@H](O[C@@H]3[C@@H](OCc4ccc(Cn5cc[n+](C)c5)cc4)O[C@H](COCc4ccccc4)[C@@H](OCc4ccccc4)[C@@H]3OCc3ccccc3)O[C@H](COCc3ccccc3)[C@@H](OCc3ccccc3)[C@@H]2OCc2ccccc2)O[C@H](COCc2ccccc2)[C@@H](OCc2ccccc2)[C@@H]1OCc1ccccc1.F[P-](F)(F)(F)(F)F. The molecule has 11 aromatic rings. The molecule has 15 atom stereocenters. The number of halogens is 6. The number of imidazole rings is 1. The standard InChI is InChI=1S/C95H101N2O17.F6P/c1-69(98)109-91-88(106-62-78-44-26-10-27-45-78)85(103-59-75-38-20-7-21-39-75)82(66-100-56-72-32-14-4-15-33-72)111-94(91)114-92-89(107-63-79-46-28-11-29-47-79)86(104-60-76-40-22-8-23-41-76)83(67-101-57-73-34-16-5-17-35-73)112-95(92)113-90-87(105-61-77-42-24-9-25-43-77)84(102-58-74-36-18-6-19-37-74)81(65-99-55-71-30-12-3-13-31-71)110-93(90)108-64-80-50-48-70(49-51-80)54-97-53-52-96(2)68-97;1-7(2,3,4,5)6/h3-53,68,81-95H,54-67H2,1-2H3;/q+1;-1/t81-,82-,83-,84-,85-,86-,87+,88+,89+,90+,91+,92+,93+,94-,95-;/m1./s1. The molecule has 3 saturated heterocycles. The Kier molecular flexibility index (Phi) is 31.9. The van der Waals surface area contributed by atoms with Crippen LogP contribution in [0, 0.1) is 0 Å².